The van der Waals surface area contributed by atoms with Crippen molar-refractivity contribution in [2.45, 2.75) is 47.1 Å². The fraction of sp³-hybridized carbons (Fsp3) is 0.692. The van der Waals surface area contributed by atoms with Gasteiger partial charge in [0, 0.05) is 12.6 Å². The maximum absolute atomic E-state index is 5.52. The number of aromatic nitrogens is 2. The molecule has 1 heterocycles. The first-order valence-electron chi connectivity index (χ1n) is 6.15. The summed E-state index contributed by atoms with van der Waals surface area (Å²) in [5.74, 6) is 1.43. The first-order valence-corrected chi connectivity index (χ1v) is 6.15. The van der Waals surface area contributed by atoms with Crippen LogP contribution >= 0.6 is 0 Å². The van der Waals surface area contributed by atoms with E-state index in [2.05, 4.69) is 36.1 Å². The van der Waals surface area contributed by atoms with Crippen molar-refractivity contribution in [3.63, 3.8) is 0 Å². The molecule has 1 aromatic rings. The molecule has 0 aromatic carbocycles. The standard InChI is InChI=1S/C13H23N3O/c1-6-13(4,5)8-14-11-7-12(16-9-15-11)17-10(2)3/h7,9-10H,6,8H2,1-5H3,(H,14,15,16). The second-order valence-corrected chi connectivity index (χ2v) is 5.28. The second kappa shape index (κ2) is 5.84. The van der Waals surface area contributed by atoms with Crippen molar-refractivity contribution in [2.75, 3.05) is 11.9 Å². The lowest BCUT2D eigenvalue weighted by Crippen LogP contribution is -2.22. The molecule has 17 heavy (non-hydrogen) atoms. The Labute approximate surface area is 104 Å². The van der Waals surface area contributed by atoms with E-state index >= 15 is 0 Å². The molecule has 0 amide bonds. The minimum atomic E-state index is 0.129. The van der Waals surface area contributed by atoms with Crippen LogP contribution in [0.25, 0.3) is 0 Å². The summed E-state index contributed by atoms with van der Waals surface area (Å²) in [4.78, 5) is 8.25. The Bertz CT molecular complexity index is 350. The van der Waals surface area contributed by atoms with Crippen LogP contribution in [-0.4, -0.2) is 22.6 Å². The normalized spacial score (nSPS) is 11.6. The highest BCUT2D eigenvalue weighted by molar-refractivity contribution is 5.37. The van der Waals surface area contributed by atoms with E-state index < -0.39 is 0 Å². The highest BCUT2D eigenvalue weighted by Crippen LogP contribution is 2.20. The third kappa shape index (κ3) is 5.02. The number of ether oxygens (including phenoxy) is 1. The summed E-state index contributed by atoms with van der Waals surface area (Å²) in [6.07, 6.45) is 2.78. The molecule has 96 valence electrons. The number of hydrogen-bond acceptors (Lipinski definition) is 4. The van der Waals surface area contributed by atoms with E-state index in [1.54, 1.807) is 0 Å². The van der Waals surface area contributed by atoms with Crippen molar-refractivity contribution in [3.05, 3.63) is 12.4 Å². The van der Waals surface area contributed by atoms with Crippen LogP contribution in [0.2, 0.25) is 0 Å². The van der Waals surface area contributed by atoms with Crippen LogP contribution in [0, 0.1) is 5.41 Å². The molecule has 0 saturated carbocycles. The Balaban J connectivity index is 2.60. The van der Waals surface area contributed by atoms with Crippen molar-refractivity contribution >= 4 is 5.82 Å². The van der Waals surface area contributed by atoms with Gasteiger partial charge in [-0.15, -0.1) is 0 Å². The Morgan fingerprint density at radius 1 is 1.35 bits per heavy atom. The Hall–Kier alpha value is -1.32. The summed E-state index contributed by atoms with van der Waals surface area (Å²) in [5.41, 5.74) is 0.268. The zero-order chi connectivity index (χ0) is 12.9. The van der Waals surface area contributed by atoms with Crippen LogP contribution in [0.15, 0.2) is 12.4 Å². The molecular formula is C13H23N3O. The van der Waals surface area contributed by atoms with Gasteiger partial charge in [0.05, 0.1) is 6.10 Å². The number of hydrogen-bond donors (Lipinski definition) is 1. The van der Waals surface area contributed by atoms with Crippen LogP contribution in [-0.2, 0) is 0 Å². The molecule has 0 saturated heterocycles. The Morgan fingerprint density at radius 3 is 2.65 bits per heavy atom. The van der Waals surface area contributed by atoms with Crippen molar-refractivity contribution < 1.29 is 4.74 Å². The van der Waals surface area contributed by atoms with Gasteiger partial charge < -0.3 is 10.1 Å². The second-order valence-electron chi connectivity index (χ2n) is 5.28. The molecule has 4 nitrogen and oxygen atoms in total. The number of anilines is 1. The third-order valence-corrected chi connectivity index (χ3v) is 2.70. The SMILES string of the molecule is CCC(C)(C)CNc1cc(OC(C)C)ncn1. The van der Waals surface area contributed by atoms with Gasteiger partial charge in [-0.2, -0.15) is 0 Å². The van der Waals surface area contributed by atoms with E-state index in [-0.39, 0.29) is 11.5 Å². The molecule has 0 radical (unpaired) electrons. The van der Waals surface area contributed by atoms with Crippen molar-refractivity contribution in [1.29, 1.82) is 0 Å². The van der Waals surface area contributed by atoms with E-state index in [9.17, 15) is 0 Å². The van der Waals surface area contributed by atoms with Gasteiger partial charge in [0.1, 0.15) is 12.1 Å². The average molecular weight is 237 g/mol. The summed E-state index contributed by atoms with van der Waals surface area (Å²) < 4.78 is 5.52. The van der Waals surface area contributed by atoms with Crippen LogP contribution in [0.1, 0.15) is 41.0 Å². The summed E-state index contributed by atoms with van der Waals surface area (Å²) >= 11 is 0. The molecule has 0 aliphatic rings. The van der Waals surface area contributed by atoms with Crippen molar-refractivity contribution in [3.8, 4) is 5.88 Å². The quantitative estimate of drug-likeness (QED) is 0.825. The molecule has 0 atom stereocenters. The molecule has 0 unspecified atom stereocenters. The predicted molar refractivity (Wildman–Crippen MR) is 70.4 cm³/mol. The largest absolute Gasteiger partial charge is 0.475 e. The Morgan fingerprint density at radius 2 is 2.06 bits per heavy atom. The van der Waals surface area contributed by atoms with E-state index in [0.29, 0.717) is 5.88 Å². The van der Waals surface area contributed by atoms with Gasteiger partial charge in [-0.25, -0.2) is 9.97 Å². The smallest absolute Gasteiger partial charge is 0.218 e. The fourth-order valence-corrected chi connectivity index (χ4v) is 1.20. The zero-order valence-electron chi connectivity index (χ0n) is 11.4. The Kier molecular flexibility index (Phi) is 4.73. The van der Waals surface area contributed by atoms with Crippen LogP contribution in [0.5, 0.6) is 5.88 Å². The van der Waals surface area contributed by atoms with Gasteiger partial charge >= 0.3 is 0 Å². The molecule has 0 bridgehead atoms. The number of rotatable bonds is 6. The summed E-state index contributed by atoms with van der Waals surface area (Å²) in [6, 6.07) is 1.84. The lowest BCUT2D eigenvalue weighted by atomic mass is 9.90. The summed E-state index contributed by atoms with van der Waals surface area (Å²) in [6.45, 7) is 11.5. The molecule has 4 heteroatoms. The van der Waals surface area contributed by atoms with E-state index in [1.807, 2.05) is 19.9 Å². The topological polar surface area (TPSA) is 47.0 Å². The number of nitrogens with zero attached hydrogens (tertiary/aromatic N) is 2. The molecule has 0 aliphatic carbocycles. The van der Waals surface area contributed by atoms with Crippen molar-refractivity contribution in [1.82, 2.24) is 9.97 Å². The molecule has 1 aromatic heterocycles. The summed E-state index contributed by atoms with van der Waals surface area (Å²) in [7, 11) is 0. The van der Waals surface area contributed by atoms with Gasteiger partial charge in [-0.3, -0.25) is 0 Å². The predicted octanol–water partition coefficient (Wildman–Crippen LogP) is 3.11. The number of nitrogens with one attached hydrogen (secondary N) is 1. The van der Waals surface area contributed by atoms with E-state index in [0.717, 1.165) is 18.8 Å². The molecule has 1 N–H and O–H groups in total. The van der Waals surface area contributed by atoms with Gasteiger partial charge in [0.25, 0.3) is 0 Å². The van der Waals surface area contributed by atoms with Crippen molar-refractivity contribution in [2.24, 2.45) is 5.41 Å². The summed E-state index contributed by atoms with van der Waals surface area (Å²) in [5, 5.41) is 3.32. The fourth-order valence-electron chi connectivity index (χ4n) is 1.20. The molecule has 0 aliphatic heterocycles. The molecule has 0 fully saturated rings. The van der Waals surface area contributed by atoms with Gasteiger partial charge in [0.2, 0.25) is 5.88 Å². The molecule has 1 rings (SSSR count). The van der Waals surface area contributed by atoms with Crippen LogP contribution < -0.4 is 10.1 Å². The van der Waals surface area contributed by atoms with Gasteiger partial charge in [0.15, 0.2) is 0 Å². The molecule has 0 spiro atoms. The van der Waals surface area contributed by atoms with Crippen LogP contribution in [0.3, 0.4) is 0 Å². The van der Waals surface area contributed by atoms with E-state index in [4.69, 9.17) is 4.74 Å². The lowest BCUT2D eigenvalue weighted by molar-refractivity contribution is 0.232. The van der Waals surface area contributed by atoms with E-state index in [1.165, 1.54) is 6.33 Å². The lowest BCUT2D eigenvalue weighted by Gasteiger charge is -2.23. The van der Waals surface area contributed by atoms with Gasteiger partial charge in [-0.1, -0.05) is 20.8 Å². The minimum absolute atomic E-state index is 0.129. The monoisotopic (exact) mass is 237 g/mol. The van der Waals surface area contributed by atoms with Crippen LogP contribution in [0.4, 0.5) is 5.82 Å². The maximum Gasteiger partial charge on any atom is 0.218 e. The van der Waals surface area contributed by atoms with Gasteiger partial charge in [-0.05, 0) is 25.7 Å². The first kappa shape index (κ1) is 13.7. The third-order valence-electron chi connectivity index (χ3n) is 2.70. The minimum Gasteiger partial charge on any atom is -0.475 e. The molecular weight excluding hydrogens is 214 g/mol. The first-order chi connectivity index (χ1) is 7.93. The maximum atomic E-state index is 5.52. The highest BCUT2D eigenvalue weighted by Gasteiger charge is 2.14. The zero-order valence-corrected chi connectivity index (χ0v) is 11.4. The highest BCUT2D eigenvalue weighted by atomic mass is 16.5. The average Bonchev–Trinajstić information content (AvgIpc) is 2.26.